The second kappa shape index (κ2) is 7.80. The van der Waals surface area contributed by atoms with Crippen molar-refractivity contribution in [2.24, 2.45) is 5.14 Å². The van der Waals surface area contributed by atoms with E-state index in [0.29, 0.717) is 40.2 Å². The molecule has 0 amide bonds. The van der Waals surface area contributed by atoms with Crippen LogP contribution in [-0.2, 0) is 21.8 Å². The molecule has 148 valence electrons. The molecule has 0 spiro atoms. The van der Waals surface area contributed by atoms with Crippen molar-refractivity contribution < 1.29 is 8.42 Å². The number of H-pyrrole nitrogens is 1. The van der Waals surface area contributed by atoms with Crippen molar-refractivity contribution in [2.45, 2.75) is 15.0 Å². The minimum atomic E-state index is -1.99. The van der Waals surface area contributed by atoms with Gasteiger partial charge in [0, 0.05) is 24.2 Å². The van der Waals surface area contributed by atoms with Gasteiger partial charge in [0.15, 0.2) is 0 Å². The highest BCUT2D eigenvalue weighted by Crippen LogP contribution is 2.40. The predicted molar refractivity (Wildman–Crippen MR) is 108 cm³/mol. The first-order chi connectivity index (χ1) is 14.0. The highest BCUT2D eigenvalue weighted by atomic mass is 32.2. The van der Waals surface area contributed by atoms with E-state index in [1.54, 1.807) is 30.3 Å². The van der Waals surface area contributed by atoms with Crippen molar-refractivity contribution in [3.8, 4) is 28.6 Å². The highest BCUT2D eigenvalue weighted by molar-refractivity contribution is 7.87. The van der Waals surface area contributed by atoms with Gasteiger partial charge in [0.1, 0.15) is 17.1 Å². The van der Waals surface area contributed by atoms with Gasteiger partial charge in [0.25, 0.3) is 0 Å². The van der Waals surface area contributed by atoms with Crippen LogP contribution in [0.1, 0.15) is 5.56 Å². The first kappa shape index (κ1) is 19.3. The maximum absolute atomic E-state index is 13.0. The van der Waals surface area contributed by atoms with Crippen LogP contribution in [0, 0.1) is 11.3 Å². The Labute approximate surface area is 170 Å². The van der Waals surface area contributed by atoms with Crippen LogP contribution >= 0.6 is 0 Å². The second-order valence-electron chi connectivity index (χ2n) is 6.30. The zero-order chi connectivity index (χ0) is 20.5. The van der Waals surface area contributed by atoms with Gasteiger partial charge >= 0.3 is 0 Å². The van der Waals surface area contributed by atoms with Crippen LogP contribution in [0.4, 0.5) is 5.69 Å². The van der Waals surface area contributed by atoms with Crippen molar-refractivity contribution in [2.75, 3.05) is 18.8 Å². The number of nitriles is 1. The smallest absolute Gasteiger partial charge is 0.206 e. The molecule has 29 heavy (non-hydrogen) atoms. The average molecular weight is 429 g/mol. The molecule has 0 aliphatic carbocycles. The van der Waals surface area contributed by atoms with Gasteiger partial charge < -0.3 is 11.1 Å². The summed E-state index contributed by atoms with van der Waals surface area (Å²) in [5.74, 6) is 0.140. The molecular weight excluding hydrogens is 412 g/mol. The molecule has 1 aliphatic heterocycles. The predicted octanol–water partition coefficient (Wildman–Crippen LogP) is 0.0483. The van der Waals surface area contributed by atoms with Crippen LogP contribution < -0.4 is 16.2 Å². The minimum absolute atomic E-state index is 0.103. The van der Waals surface area contributed by atoms with E-state index < -0.39 is 21.8 Å². The number of anilines is 1. The van der Waals surface area contributed by atoms with Crippen LogP contribution in [-0.4, -0.2) is 47.4 Å². The van der Waals surface area contributed by atoms with Crippen LogP contribution in [0.2, 0.25) is 0 Å². The molecule has 1 fully saturated rings. The van der Waals surface area contributed by atoms with Crippen LogP contribution in [0.5, 0.6) is 0 Å². The Balaban J connectivity index is 2.03. The third kappa shape index (κ3) is 3.34. The Bertz CT molecular complexity index is 1170. The number of para-hydroxylation sites is 1. The van der Waals surface area contributed by atoms with Gasteiger partial charge in [-0.1, -0.05) is 18.2 Å². The maximum Gasteiger partial charge on any atom is 0.206 e. The molecule has 0 bridgehead atoms. The van der Waals surface area contributed by atoms with E-state index in [9.17, 15) is 13.7 Å². The Morgan fingerprint density at radius 1 is 1.17 bits per heavy atom. The summed E-state index contributed by atoms with van der Waals surface area (Å²) in [7, 11) is -3.42. The Hall–Kier alpha value is -2.98. The number of hydrogen-bond donors (Lipinski definition) is 4. The lowest BCUT2D eigenvalue weighted by Crippen LogP contribution is -2.49. The van der Waals surface area contributed by atoms with Crippen molar-refractivity contribution in [3.05, 3.63) is 35.9 Å². The number of aromatic amines is 1. The first-order valence-electron chi connectivity index (χ1n) is 8.50. The summed E-state index contributed by atoms with van der Waals surface area (Å²) >= 11 is 0. The van der Waals surface area contributed by atoms with E-state index in [1.165, 1.54) is 0 Å². The zero-order valence-electron chi connectivity index (χ0n) is 15.0. The average Bonchev–Trinajstić information content (AvgIpc) is 3.20. The molecule has 2 aromatic carbocycles. The highest BCUT2D eigenvalue weighted by Gasteiger charge is 2.31. The summed E-state index contributed by atoms with van der Waals surface area (Å²) in [6, 6.07) is 10.4. The molecule has 0 saturated carbocycles. The van der Waals surface area contributed by atoms with Gasteiger partial charge in [-0.2, -0.15) is 10.5 Å². The van der Waals surface area contributed by atoms with Crippen molar-refractivity contribution in [1.82, 2.24) is 25.9 Å². The number of nitrogens with one attached hydrogen (secondary N) is 2. The van der Waals surface area contributed by atoms with Crippen molar-refractivity contribution >= 4 is 27.5 Å². The Morgan fingerprint density at radius 3 is 2.55 bits per heavy atom. The van der Waals surface area contributed by atoms with E-state index in [2.05, 4.69) is 25.9 Å². The molecular formula is C17H16N8O2S2. The number of nitrogens with two attached hydrogens (primary N) is 2. The Kier molecular flexibility index (Phi) is 5.20. The third-order valence-electron chi connectivity index (χ3n) is 4.67. The topological polar surface area (TPSA) is 176 Å². The zero-order valence-corrected chi connectivity index (χ0v) is 16.6. The summed E-state index contributed by atoms with van der Waals surface area (Å²) < 4.78 is 25.6. The maximum atomic E-state index is 13.0. The molecule has 2 unspecified atom stereocenters. The summed E-state index contributed by atoms with van der Waals surface area (Å²) in [5, 5.41) is 32.1. The Morgan fingerprint density at radius 2 is 1.97 bits per heavy atom. The number of nitrogen functional groups attached to an aromatic ring is 1. The molecule has 3 aromatic rings. The molecule has 1 aromatic heterocycles. The number of tetrazole rings is 1. The van der Waals surface area contributed by atoms with Gasteiger partial charge in [0.05, 0.1) is 37.1 Å². The fraction of sp³-hybridized carbons (Fsp3) is 0.176. The monoisotopic (exact) mass is 428 g/mol. The molecule has 10 nitrogen and oxygen atoms in total. The van der Waals surface area contributed by atoms with Crippen molar-refractivity contribution in [1.29, 1.82) is 5.26 Å². The van der Waals surface area contributed by atoms with E-state index in [4.69, 9.17) is 10.9 Å². The molecule has 2 heterocycles. The number of nitrogens with zero attached hydrogens (tertiary/aromatic N) is 4. The molecule has 0 radical (unpaired) electrons. The molecule has 1 saturated heterocycles. The van der Waals surface area contributed by atoms with Crippen LogP contribution in [0.25, 0.3) is 22.5 Å². The SMILES string of the molecule is N#Cc1cccc(-c2ccc(S(=O)C3CNC3)c(S(N)=O)c2-c2nn[nH]n2)c1N. The molecule has 12 heteroatoms. The molecule has 6 N–H and O–H groups in total. The van der Waals surface area contributed by atoms with E-state index >= 15 is 0 Å². The van der Waals surface area contributed by atoms with Gasteiger partial charge in [-0.25, -0.2) is 9.35 Å². The number of rotatable bonds is 5. The number of benzene rings is 2. The lowest BCUT2D eigenvalue weighted by Gasteiger charge is -2.27. The summed E-state index contributed by atoms with van der Waals surface area (Å²) in [5.41, 5.74) is 8.10. The normalized spacial score (nSPS) is 16.0. The number of aromatic nitrogens is 4. The van der Waals surface area contributed by atoms with Gasteiger partial charge in [-0.3, -0.25) is 4.21 Å². The summed E-state index contributed by atoms with van der Waals surface area (Å²) in [6.45, 7) is 1.19. The van der Waals surface area contributed by atoms with E-state index in [-0.39, 0.29) is 21.7 Å². The number of hydrogen-bond acceptors (Lipinski definition) is 8. The molecule has 4 rings (SSSR count). The summed E-state index contributed by atoms with van der Waals surface area (Å²) in [4.78, 5) is 0.520. The van der Waals surface area contributed by atoms with Gasteiger partial charge in [-0.05, 0) is 22.9 Å². The van der Waals surface area contributed by atoms with Crippen LogP contribution in [0.3, 0.4) is 0 Å². The fourth-order valence-electron chi connectivity index (χ4n) is 3.13. The van der Waals surface area contributed by atoms with Gasteiger partial charge in [-0.15, -0.1) is 10.2 Å². The largest absolute Gasteiger partial charge is 0.397 e. The standard InChI is InChI=1S/C17H16N8O2S2/c18-6-9-2-1-3-12(15(9)19)11-4-5-13(28(26)10-7-21-8-10)16(29(20)27)14(11)17-22-24-25-23-17/h1-5,10,21H,7-8,19-20H2,(H,22,23,24,25). The summed E-state index contributed by atoms with van der Waals surface area (Å²) in [6.07, 6.45) is 0. The van der Waals surface area contributed by atoms with E-state index in [1.807, 2.05) is 6.07 Å². The minimum Gasteiger partial charge on any atom is -0.397 e. The second-order valence-corrected chi connectivity index (χ2v) is 9.01. The van der Waals surface area contributed by atoms with Crippen LogP contribution in [0.15, 0.2) is 40.1 Å². The van der Waals surface area contributed by atoms with E-state index in [0.717, 1.165) is 0 Å². The third-order valence-corrected chi connectivity index (χ3v) is 7.34. The fourth-order valence-corrected chi connectivity index (χ4v) is 5.67. The molecule has 1 aliphatic rings. The van der Waals surface area contributed by atoms with Gasteiger partial charge in [0.2, 0.25) is 5.82 Å². The lowest BCUT2D eigenvalue weighted by molar-refractivity contribution is 0.525. The molecule has 2 atom stereocenters. The lowest BCUT2D eigenvalue weighted by atomic mass is 9.96. The van der Waals surface area contributed by atoms with Crippen molar-refractivity contribution in [3.63, 3.8) is 0 Å². The first-order valence-corrected chi connectivity index (χ1v) is 10.9. The quantitative estimate of drug-likeness (QED) is 0.412.